The summed E-state index contributed by atoms with van der Waals surface area (Å²) in [6.45, 7) is -0.443. The lowest BCUT2D eigenvalue weighted by Crippen LogP contribution is -2.35. The number of aromatic hydroxyl groups is 1. The number of aliphatic hydroxyl groups excluding tert-OH is 1. The van der Waals surface area contributed by atoms with E-state index in [2.05, 4.69) is 10.3 Å². The first-order valence-electron chi connectivity index (χ1n) is 11.9. The highest BCUT2D eigenvalue weighted by atomic mass is 35.5. The summed E-state index contributed by atoms with van der Waals surface area (Å²) in [6, 6.07) is 22.3. The van der Waals surface area contributed by atoms with Crippen LogP contribution in [0.4, 0.5) is 0 Å². The van der Waals surface area contributed by atoms with Crippen LogP contribution in [0.3, 0.4) is 0 Å². The molecule has 200 valence electrons. The molecule has 3 N–H and O–H groups in total. The molecule has 0 saturated carbocycles. The van der Waals surface area contributed by atoms with Gasteiger partial charge in [0.2, 0.25) is 0 Å². The smallest absolute Gasteiger partial charge is 0.262 e. The van der Waals surface area contributed by atoms with Gasteiger partial charge in [0, 0.05) is 34.3 Å². The summed E-state index contributed by atoms with van der Waals surface area (Å²) in [4.78, 5) is 30.6. The van der Waals surface area contributed by atoms with E-state index in [-0.39, 0.29) is 42.4 Å². The van der Waals surface area contributed by atoms with E-state index in [0.29, 0.717) is 16.3 Å². The van der Waals surface area contributed by atoms with Gasteiger partial charge in [-0.3, -0.25) is 14.6 Å². The number of hydrogen-bond donors (Lipinski definition) is 3. The van der Waals surface area contributed by atoms with E-state index in [1.54, 1.807) is 36.5 Å². The number of phenols is 1. The third-order valence-electron chi connectivity index (χ3n) is 5.85. The topological polar surface area (TPSA) is 111 Å². The Hall–Kier alpha value is -4.11. The van der Waals surface area contributed by atoms with E-state index in [9.17, 15) is 19.8 Å². The van der Waals surface area contributed by atoms with Crippen LogP contribution in [-0.2, 0) is 11.3 Å². The molecule has 0 heterocycles. The number of nitrogens with one attached hydrogen (secondary N) is 1. The lowest BCUT2D eigenvalue weighted by molar-refractivity contribution is -0.137. The summed E-state index contributed by atoms with van der Waals surface area (Å²) in [6.07, 6.45) is 1.64. The maximum absolute atomic E-state index is 12.7. The van der Waals surface area contributed by atoms with Gasteiger partial charge >= 0.3 is 0 Å². The Bertz CT molecular complexity index is 1510. The fourth-order valence-corrected chi connectivity index (χ4v) is 4.11. The van der Waals surface area contributed by atoms with Gasteiger partial charge < -0.3 is 25.2 Å². The lowest BCUT2D eigenvalue weighted by Gasteiger charge is -2.20. The summed E-state index contributed by atoms with van der Waals surface area (Å²) in [7, 11) is 0. The zero-order valence-electron chi connectivity index (χ0n) is 20.7. The standard InChI is InChI=1S/C29H25Cl2N3O5/c30-22-9-5-19(6-10-22)15-34(18-35)28(37)16-39-27-12-8-21(23-3-1-2-4-24(23)27)14-32-17-33-29(38)20-7-11-26(36)25(31)13-20/h1-14,35-36H,15-18H2,(H,33,38)/b32-14+. The third kappa shape index (κ3) is 7.26. The molecule has 0 spiro atoms. The highest BCUT2D eigenvalue weighted by Gasteiger charge is 2.15. The summed E-state index contributed by atoms with van der Waals surface area (Å²) in [5.74, 6) is -0.329. The van der Waals surface area contributed by atoms with Gasteiger partial charge in [-0.1, -0.05) is 59.6 Å². The van der Waals surface area contributed by atoms with Gasteiger partial charge in [0.15, 0.2) is 6.61 Å². The van der Waals surface area contributed by atoms with Crippen molar-refractivity contribution >= 4 is 52.0 Å². The minimum Gasteiger partial charge on any atom is -0.506 e. The van der Waals surface area contributed by atoms with Gasteiger partial charge in [-0.05, 0) is 53.4 Å². The van der Waals surface area contributed by atoms with E-state index >= 15 is 0 Å². The number of carbonyl (C=O) groups is 2. The van der Waals surface area contributed by atoms with Gasteiger partial charge in [-0.15, -0.1) is 0 Å². The lowest BCUT2D eigenvalue weighted by atomic mass is 10.0. The van der Waals surface area contributed by atoms with Gasteiger partial charge in [0.25, 0.3) is 11.8 Å². The molecule has 0 bridgehead atoms. The predicted molar refractivity (Wildman–Crippen MR) is 152 cm³/mol. The Labute approximate surface area is 235 Å². The quantitative estimate of drug-likeness (QED) is 0.185. The van der Waals surface area contributed by atoms with Crippen LogP contribution in [0.1, 0.15) is 21.5 Å². The van der Waals surface area contributed by atoms with Crippen molar-refractivity contribution in [2.24, 2.45) is 4.99 Å². The van der Waals surface area contributed by atoms with Crippen molar-refractivity contribution < 1.29 is 24.5 Å². The molecule has 0 aliphatic heterocycles. The van der Waals surface area contributed by atoms with Crippen molar-refractivity contribution in [2.45, 2.75) is 6.54 Å². The molecule has 4 rings (SSSR count). The monoisotopic (exact) mass is 565 g/mol. The molecule has 39 heavy (non-hydrogen) atoms. The number of amides is 2. The molecule has 2 amide bonds. The van der Waals surface area contributed by atoms with Crippen LogP contribution in [0.5, 0.6) is 11.5 Å². The fraction of sp³-hybridized carbons (Fsp3) is 0.138. The third-order valence-corrected chi connectivity index (χ3v) is 6.40. The van der Waals surface area contributed by atoms with Crippen LogP contribution in [0.25, 0.3) is 10.8 Å². The Kier molecular flexibility index (Phi) is 9.38. The van der Waals surface area contributed by atoms with Gasteiger partial charge in [-0.25, -0.2) is 0 Å². The highest BCUT2D eigenvalue weighted by Crippen LogP contribution is 2.28. The predicted octanol–water partition coefficient (Wildman–Crippen LogP) is 5.02. The number of fused-ring (bicyclic) bond motifs is 1. The number of carbonyl (C=O) groups excluding carboxylic acids is 2. The number of aliphatic hydroxyl groups is 1. The molecule has 8 nitrogen and oxygen atoms in total. The number of benzene rings is 4. The molecule has 4 aromatic rings. The molecule has 10 heteroatoms. The Morgan fingerprint density at radius 2 is 1.72 bits per heavy atom. The first kappa shape index (κ1) is 27.9. The van der Waals surface area contributed by atoms with Crippen molar-refractivity contribution in [3.8, 4) is 11.5 Å². The van der Waals surface area contributed by atoms with Crippen LogP contribution >= 0.6 is 23.2 Å². The van der Waals surface area contributed by atoms with E-state index in [0.717, 1.165) is 21.9 Å². The van der Waals surface area contributed by atoms with Crippen molar-refractivity contribution in [1.29, 1.82) is 0 Å². The number of aliphatic imine (C=N–C) groups is 1. The van der Waals surface area contributed by atoms with Gasteiger partial charge in [0.1, 0.15) is 24.9 Å². The molecule has 0 aliphatic carbocycles. The van der Waals surface area contributed by atoms with E-state index < -0.39 is 6.73 Å². The normalized spacial score (nSPS) is 11.1. The average Bonchev–Trinajstić information content (AvgIpc) is 2.95. The number of rotatable bonds is 10. The number of halogens is 2. The highest BCUT2D eigenvalue weighted by molar-refractivity contribution is 6.32. The largest absolute Gasteiger partial charge is 0.506 e. The van der Waals surface area contributed by atoms with E-state index in [1.807, 2.05) is 30.3 Å². The molecular formula is C29H25Cl2N3O5. The van der Waals surface area contributed by atoms with Crippen molar-refractivity contribution in [2.75, 3.05) is 20.0 Å². The maximum Gasteiger partial charge on any atom is 0.262 e. The molecule has 4 aromatic carbocycles. The first-order chi connectivity index (χ1) is 18.9. The minimum atomic E-state index is -0.447. The molecule has 0 radical (unpaired) electrons. The Morgan fingerprint density at radius 1 is 0.974 bits per heavy atom. The Morgan fingerprint density at radius 3 is 2.44 bits per heavy atom. The zero-order chi connectivity index (χ0) is 27.8. The molecule has 0 saturated heterocycles. The number of hydrogen-bond acceptors (Lipinski definition) is 6. The fourth-order valence-electron chi connectivity index (χ4n) is 3.80. The maximum atomic E-state index is 12.7. The van der Waals surface area contributed by atoms with Crippen molar-refractivity contribution in [3.63, 3.8) is 0 Å². The average molecular weight is 566 g/mol. The first-order valence-corrected chi connectivity index (χ1v) is 12.7. The van der Waals surface area contributed by atoms with Crippen LogP contribution in [-0.4, -0.2) is 53.1 Å². The van der Waals surface area contributed by atoms with E-state index in [4.69, 9.17) is 27.9 Å². The van der Waals surface area contributed by atoms with Crippen LogP contribution in [0, 0.1) is 0 Å². The molecular weight excluding hydrogens is 541 g/mol. The molecule has 0 aliphatic rings. The molecule has 0 unspecified atom stereocenters. The zero-order valence-corrected chi connectivity index (χ0v) is 22.2. The summed E-state index contributed by atoms with van der Waals surface area (Å²) in [5, 5.41) is 24.2. The number of nitrogens with zero attached hydrogens (tertiary/aromatic N) is 2. The summed E-state index contributed by atoms with van der Waals surface area (Å²) in [5.41, 5.74) is 1.94. The van der Waals surface area contributed by atoms with Crippen molar-refractivity contribution in [3.05, 3.63) is 106 Å². The SMILES string of the molecule is O=C(NC/N=C/c1ccc(OCC(=O)N(CO)Cc2ccc(Cl)cc2)c2ccccc12)c1ccc(O)c(Cl)c1. The summed E-state index contributed by atoms with van der Waals surface area (Å²) >= 11 is 11.8. The number of phenolic OH excluding ortho intramolecular Hbond substituents is 1. The second-order valence-corrected chi connectivity index (χ2v) is 9.33. The molecule has 0 fully saturated rings. The van der Waals surface area contributed by atoms with Crippen molar-refractivity contribution in [1.82, 2.24) is 10.2 Å². The van der Waals surface area contributed by atoms with Gasteiger partial charge in [0.05, 0.1) is 5.02 Å². The van der Waals surface area contributed by atoms with Crippen LogP contribution in [0.2, 0.25) is 10.0 Å². The van der Waals surface area contributed by atoms with E-state index in [1.165, 1.54) is 23.1 Å². The summed E-state index contributed by atoms with van der Waals surface area (Å²) < 4.78 is 5.85. The Balaban J connectivity index is 1.39. The molecule has 0 aromatic heterocycles. The molecule has 0 atom stereocenters. The van der Waals surface area contributed by atoms with Crippen LogP contribution in [0.15, 0.2) is 83.9 Å². The van der Waals surface area contributed by atoms with Gasteiger partial charge in [-0.2, -0.15) is 0 Å². The number of ether oxygens (including phenoxy) is 1. The second kappa shape index (κ2) is 13.1. The second-order valence-electron chi connectivity index (χ2n) is 8.49. The van der Waals surface area contributed by atoms with Crippen LogP contribution < -0.4 is 10.1 Å². The minimum absolute atomic E-state index is 0.0308.